The van der Waals surface area contributed by atoms with E-state index in [2.05, 4.69) is 6.20 Å². The van der Waals surface area contributed by atoms with Crippen LogP contribution in [0.4, 0.5) is 0 Å². The van der Waals surface area contributed by atoms with Gasteiger partial charge in [0.15, 0.2) is 0 Å². The van der Waals surface area contributed by atoms with Gasteiger partial charge in [-0.2, -0.15) is 0 Å². The fraction of sp³-hybridized carbons (Fsp3) is 0. The van der Waals surface area contributed by atoms with Gasteiger partial charge in [-0.1, -0.05) is 29.8 Å². The number of halogens is 2. The number of nitrogens with zero attached hydrogens (tertiary/aromatic N) is 1. The molecule has 1 nitrogen and oxygen atoms in total. The molecule has 0 aliphatic heterocycles. The van der Waals surface area contributed by atoms with Crippen molar-refractivity contribution >= 4 is 34.3 Å². The van der Waals surface area contributed by atoms with E-state index in [1.54, 1.807) is 0 Å². The van der Waals surface area contributed by atoms with Crippen molar-refractivity contribution in [2.24, 2.45) is 0 Å². The second-order valence-corrected chi connectivity index (χ2v) is 2.94. The van der Waals surface area contributed by atoms with Crippen molar-refractivity contribution in [1.29, 1.82) is 0 Å². The molecule has 55 valence electrons. The van der Waals surface area contributed by atoms with Crippen LogP contribution < -0.4 is 0 Å². The molecule has 0 fully saturated rings. The van der Waals surface area contributed by atoms with E-state index >= 15 is 0 Å². The van der Waals surface area contributed by atoms with Crippen LogP contribution in [0.1, 0.15) is 0 Å². The van der Waals surface area contributed by atoms with Gasteiger partial charge >= 0.3 is 0 Å². The molecule has 2 rings (SSSR count). The van der Waals surface area contributed by atoms with Gasteiger partial charge in [-0.3, -0.25) is 0 Å². The topological polar surface area (TPSA) is 4.93 Å². The molecule has 0 aliphatic carbocycles. The molecular formula is C8H4Cl2N. The summed E-state index contributed by atoms with van der Waals surface area (Å²) in [5, 5.41) is 1.50. The first-order valence-electron chi connectivity index (χ1n) is 3.13. The molecule has 0 saturated carbocycles. The minimum atomic E-state index is 0.565. The quantitative estimate of drug-likeness (QED) is 0.594. The first kappa shape index (κ1) is 7.01. The van der Waals surface area contributed by atoms with Crippen LogP contribution in [0.25, 0.3) is 10.9 Å². The number of hydrogen-bond acceptors (Lipinski definition) is 0. The van der Waals surface area contributed by atoms with Crippen molar-refractivity contribution < 1.29 is 0 Å². The molecule has 1 aromatic heterocycles. The number of hydrogen-bond donors (Lipinski definition) is 0. The van der Waals surface area contributed by atoms with Gasteiger partial charge in [0.1, 0.15) is 6.20 Å². The lowest BCUT2D eigenvalue weighted by atomic mass is 10.3. The Bertz CT molecular complexity index is 356. The molecule has 0 amide bonds. The fourth-order valence-corrected chi connectivity index (χ4v) is 1.56. The van der Waals surface area contributed by atoms with E-state index in [4.69, 9.17) is 23.4 Å². The van der Waals surface area contributed by atoms with Crippen LogP contribution in [0, 0.1) is 6.20 Å². The highest BCUT2D eigenvalue weighted by Crippen LogP contribution is 2.25. The highest BCUT2D eigenvalue weighted by atomic mass is 35.5. The number of benzene rings is 1. The van der Waals surface area contributed by atoms with Gasteiger partial charge in [-0.15, -0.1) is 0 Å². The Morgan fingerprint density at radius 2 is 2.00 bits per heavy atom. The number of aromatic nitrogens is 1. The Balaban J connectivity index is 2.95. The average molecular weight is 185 g/mol. The van der Waals surface area contributed by atoms with Crippen molar-refractivity contribution in [3.63, 3.8) is 0 Å². The summed E-state index contributed by atoms with van der Waals surface area (Å²) in [4.78, 5) is 0. The second kappa shape index (κ2) is 2.43. The lowest BCUT2D eigenvalue weighted by Crippen LogP contribution is -1.73. The van der Waals surface area contributed by atoms with Gasteiger partial charge in [0.2, 0.25) is 0 Å². The number of fused-ring (bicyclic) bond motifs is 1. The van der Waals surface area contributed by atoms with Gasteiger partial charge in [0, 0.05) is 17.2 Å². The van der Waals surface area contributed by atoms with Crippen molar-refractivity contribution in [2.45, 2.75) is 0 Å². The van der Waals surface area contributed by atoms with Crippen LogP contribution in [-0.2, 0) is 0 Å². The van der Waals surface area contributed by atoms with Crippen LogP contribution in [0.5, 0.6) is 0 Å². The number of para-hydroxylation sites is 1. The maximum atomic E-state index is 5.82. The standard InChI is InChI=1S/C8H4Cl2N/c9-7-5-11(10)8-4-2-1-3-6(7)8/h1-4H. The monoisotopic (exact) mass is 184 g/mol. The van der Waals surface area contributed by atoms with Gasteiger partial charge < -0.3 is 0 Å². The summed E-state index contributed by atoms with van der Waals surface area (Å²) in [6.07, 6.45) is 2.76. The van der Waals surface area contributed by atoms with Crippen LogP contribution in [0.15, 0.2) is 24.3 Å². The van der Waals surface area contributed by atoms with Crippen LogP contribution in [-0.4, -0.2) is 4.09 Å². The third kappa shape index (κ3) is 1.01. The zero-order chi connectivity index (χ0) is 7.84. The van der Waals surface area contributed by atoms with E-state index < -0.39 is 0 Å². The van der Waals surface area contributed by atoms with E-state index in [0.717, 1.165) is 10.9 Å². The molecule has 0 aliphatic rings. The minimum absolute atomic E-state index is 0.565. The molecule has 1 aromatic carbocycles. The van der Waals surface area contributed by atoms with Crippen LogP contribution in [0.3, 0.4) is 0 Å². The predicted molar refractivity (Wildman–Crippen MR) is 47.0 cm³/mol. The molecule has 1 radical (unpaired) electrons. The summed E-state index contributed by atoms with van der Waals surface area (Å²) in [5.41, 5.74) is 0.888. The summed E-state index contributed by atoms with van der Waals surface area (Å²) in [6, 6.07) is 7.63. The molecule has 0 saturated heterocycles. The zero-order valence-electron chi connectivity index (χ0n) is 5.51. The van der Waals surface area contributed by atoms with Gasteiger partial charge in [0.05, 0.1) is 10.5 Å². The molecule has 0 unspecified atom stereocenters. The summed E-state index contributed by atoms with van der Waals surface area (Å²) in [6.45, 7) is 0. The third-order valence-electron chi connectivity index (χ3n) is 1.55. The smallest absolute Gasteiger partial charge is 0.104 e. The highest BCUT2D eigenvalue weighted by Gasteiger charge is 2.03. The maximum Gasteiger partial charge on any atom is 0.104 e. The van der Waals surface area contributed by atoms with E-state index in [1.165, 1.54) is 4.09 Å². The van der Waals surface area contributed by atoms with Crippen molar-refractivity contribution in [1.82, 2.24) is 4.09 Å². The Morgan fingerprint density at radius 3 is 2.73 bits per heavy atom. The summed E-state index contributed by atoms with van der Waals surface area (Å²) in [5.74, 6) is 0. The molecule has 3 heteroatoms. The molecule has 11 heavy (non-hydrogen) atoms. The Kier molecular flexibility index (Phi) is 1.55. The molecule has 0 bridgehead atoms. The third-order valence-corrected chi connectivity index (χ3v) is 2.10. The molecule has 0 atom stereocenters. The maximum absolute atomic E-state index is 5.82. The summed E-state index contributed by atoms with van der Waals surface area (Å²) in [7, 11) is 0. The first-order valence-corrected chi connectivity index (χ1v) is 3.85. The predicted octanol–water partition coefficient (Wildman–Crippen LogP) is 3.10. The lowest BCUT2D eigenvalue weighted by Gasteiger charge is -1.89. The Hall–Kier alpha value is -0.660. The molecular weight excluding hydrogens is 181 g/mol. The van der Waals surface area contributed by atoms with Crippen LogP contribution >= 0.6 is 23.4 Å². The van der Waals surface area contributed by atoms with Crippen molar-refractivity contribution in [3.05, 3.63) is 35.5 Å². The van der Waals surface area contributed by atoms with Gasteiger partial charge in [0.25, 0.3) is 0 Å². The summed E-state index contributed by atoms with van der Waals surface area (Å²) >= 11 is 11.6. The number of rotatable bonds is 0. The van der Waals surface area contributed by atoms with Crippen LogP contribution in [0.2, 0.25) is 5.02 Å². The highest BCUT2D eigenvalue weighted by molar-refractivity contribution is 6.36. The fourth-order valence-electron chi connectivity index (χ4n) is 1.04. The van der Waals surface area contributed by atoms with Crippen molar-refractivity contribution in [3.8, 4) is 0 Å². The second-order valence-electron chi connectivity index (χ2n) is 2.22. The molecule has 0 spiro atoms. The molecule has 1 heterocycles. The van der Waals surface area contributed by atoms with E-state index in [0.29, 0.717) is 5.02 Å². The van der Waals surface area contributed by atoms with E-state index in [-0.39, 0.29) is 0 Å². The van der Waals surface area contributed by atoms with Gasteiger partial charge in [-0.25, -0.2) is 4.09 Å². The summed E-state index contributed by atoms with van der Waals surface area (Å²) < 4.78 is 1.37. The molecule has 0 N–H and O–H groups in total. The SMILES string of the molecule is Clc1[c]n(Cl)c2ccccc12. The average Bonchev–Trinajstić information content (AvgIpc) is 2.30. The largest absolute Gasteiger partial charge is 0.249 e. The first-order chi connectivity index (χ1) is 5.29. The molecule has 2 aromatic rings. The van der Waals surface area contributed by atoms with E-state index in [9.17, 15) is 0 Å². The lowest BCUT2D eigenvalue weighted by molar-refractivity contribution is 1.31. The van der Waals surface area contributed by atoms with Gasteiger partial charge in [-0.05, 0) is 6.07 Å². The zero-order valence-corrected chi connectivity index (χ0v) is 7.02. The van der Waals surface area contributed by atoms with Crippen molar-refractivity contribution in [2.75, 3.05) is 0 Å². The normalized spacial score (nSPS) is 10.7. The van der Waals surface area contributed by atoms with E-state index in [1.807, 2.05) is 24.3 Å². The Labute approximate surface area is 74.3 Å². The minimum Gasteiger partial charge on any atom is -0.249 e. The Morgan fingerprint density at radius 1 is 1.27 bits per heavy atom.